The Hall–Kier alpha value is -0.570. The highest BCUT2D eigenvalue weighted by Crippen LogP contribution is 2.03. The van der Waals surface area contributed by atoms with E-state index >= 15 is 0 Å². The smallest absolute Gasteiger partial charge is 0.120 e. The van der Waals surface area contributed by atoms with Crippen molar-refractivity contribution in [1.29, 1.82) is 0 Å². The van der Waals surface area contributed by atoms with E-state index in [-0.39, 0.29) is 0 Å². The first-order valence-corrected chi connectivity index (χ1v) is 4.34. The van der Waals surface area contributed by atoms with Gasteiger partial charge in [0, 0.05) is 13.0 Å². The molecule has 1 N–H and O–H groups in total. The highest BCUT2D eigenvalue weighted by atomic mass is 16.6. The van der Waals surface area contributed by atoms with Crippen LogP contribution < -0.4 is 5.48 Å². The molecule has 0 radical (unpaired) electrons. The van der Waals surface area contributed by atoms with Gasteiger partial charge in [0.05, 0.1) is 6.61 Å². The third-order valence-corrected chi connectivity index (χ3v) is 1.62. The van der Waals surface area contributed by atoms with Crippen LogP contribution in [0, 0.1) is 0 Å². The lowest BCUT2D eigenvalue weighted by Gasteiger charge is -2.12. The molecule has 1 heterocycles. The standard InChI is InChI=1S/C8H16N2O/c1-2-7-11-10-8-5-3-4-6-9-8/h2-7H2,1H3,(H,9,10). The molecule has 0 aromatic rings. The van der Waals surface area contributed by atoms with Gasteiger partial charge in [-0.15, -0.1) is 0 Å². The minimum Gasteiger partial charge on any atom is -0.275 e. The molecule has 1 rings (SSSR count). The van der Waals surface area contributed by atoms with Crippen molar-refractivity contribution < 1.29 is 4.84 Å². The minimum absolute atomic E-state index is 0.763. The number of aliphatic imine (C=N–C) groups is 1. The monoisotopic (exact) mass is 156 g/mol. The molecule has 0 atom stereocenters. The summed E-state index contributed by atoms with van der Waals surface area (Å²) in [7, 11) is 0. The second-order valence-electron chi connectivity index (χ2n) is 2.74. The predicted molar refractivity (Wildman–Crippen MR) is 45.5 cm³/mol. The Balaban J connectivity index is 2.09. The molecule has 3 heteroatoms. The number of nitrogens with one attached hydrogen (secondary N) is 1. The molecule has 0 aromatic heterocycles. The summed E-state index contributed by atoms with van der Waals surface area (Å²) < 4.78 is 0. The average molecular weight is 156 g/mol. The van der Waals surface area contributed by atoms with Crippen LogP contribution >= 0.6 is 0 Å². The van der Waals surface area contributed by atoms with Gasteiger partial charge < -0.3 is 0 Å². The van der Waals surface area contributed by atoms with Crippen LogP contribution in [0.1, 0.15) is 32.6 Å². The fraction of sp³-hybridized carbons (Fsp3) is 0.875. The number of amidine groups is 1. The third-order valence-electron chi connectivity index (χ3n) is 1.62. The van der Waals surface area contributed by atoms with Crippen molar-refractivity contribution in [2.75, 3.05) is 13.2 Å². The summed E-state index contributed by atoms with van der Waals surface area (Å²) in [4.78, 5) is 9.42. The predicted octanol–water partition coefficient (Wildman–Crippen LogP) is 1.50. The lowest BCUT2D eigenvalue weighted by Crippen LogP contribution is -2.26. The molecular weight excluding hydrogens is 140 g/mol. The van der Waals surface area contributed by atoms with E-state index < -0.39 is 0 Å². The van der Waals surface area contributed by atoms with Gasteiger partial charge in [0.2, 0.25) is 0 Å². The summed E-state index contributed by atoms with van der Waals surface area (Å²) in [6, 6.07) is 0. The minimum atomic E-state index is 0.763. The molecule has 0 aliphatic carbocycles. The Morgan fingerprint density at radius 3 is 3.09 bits per heavy atom. The quantitative estimate of drug-likeness (QED) is 0.496. The SMILES string of the molecule is CCCONC1=NCCCC1. The molecule has 1 aliphatic rings. The van der Waals surface area contributed by atoms with Crippen LogP contribution in [0.15, 0.2) is 4.99 Å². The van der Waals surface area contributed by atoms with Gasteiger partial charge in [0.25, 0.3) is 0 Å². The van der Waals surface area contributed by atoms with Crippen LogP contribution in [0.3, 0.4) is 0 Å². The van der Waals surface area contributed by atoms with Crippen molar-refractivity contribution in [3.05, 3.63) is 0 Å². The molecule has 0 saturated heterocycles. The number of hydrogen-bond donors (Lipinski definition) is 1. The Kier molecular flexibility index (Phi) is 3.98. The van der Waals surface area contributed by atoms with E-state index in [2.05, 4.69) is 17.4 Å². The largest absolute Gasteiger partial charge is 0.275 e. The van der Waals surface area contributed by atoms with Crippen LogP contribution in [0.25, 0.3) is 0 Å². The highest BCUT2D eigenvalue weighted by Gasteiger charge is 2.03. The topological polar surface area (TPSA) is 33.6 Å². The maximum absolute atomic E-state index is 5.14. The Morgan fingerprint density at radius 2 is 2.45 bits per heavy atom. The summed E-state index contributed by atoms with van der Waals surface area (Å²) in [5.41, 5.74) is 2.87. The van der Waals surface area contributed by atoms with E-state index in [0.29, 0.717) is 0 Å². The third kappa shape index (κ3) is 3.37. The van der Waals surface area contributed by atoms with Crippen LogP contribution in [0.4, 0.5) is 0 Å². The van der Waals surface area contributed by atoms with Crippen molar-refractivity contribution >= 4 is 5.84 Å². The van der Waals surface area contributed by atoms with E-state index in [1.54, 1.807) is 0 Å². The molecular formula is C8H16N2O. The number of rotatable bonds is 3. The van der Waals surface area contributed by atoms with Gasteiger partial charge in [-0.3, -0.25) is 15.3 Å². The number of hydrogen-bond acceptors (Lipinski definition) is 3. The molecule has 0 spiro atoms. The molecule has 64 valence electrons. The maximum Gasteiger partial charge on any atom is 0.120 e. The molecule has 0 aromatic carbocycles. The van der Waals surface area contributed by atoms with Crippen LogP contribution in [0.2, 0.25) is 0 Å². The van der Waals surface area contributed by atoms with Gasteiger partial charge in [0.1, 0.15) is 5.84 Å². The van der Waals surface area contributed by atoms with Crippen LogP contribution in [0.5, 0.6) is 0 Å². The lowest BCUT2D eigenvalue weighted by atomic mass is 10.2. The summed E-state index contributed by atoms with van der Waals surface area (Å²) in [6.07, 6.45) is 4.55. The second kappa shape index (κ2) is 5.13. The maximum atomic E-state index is 5.14. The van der Waals surface area contributed by atoms with Gasteiger partial charge in [-0.2, -0.15) is 0 Å². The van der Waals surface area contributed by atoms with Crippen LogP contribution in [-0.4, -0.2) is 19.0 Å². The van der Waals surface area contributed by atoms with Gasteiger partial charge in [-0.25, -0.2) is 0 Å². The highest BCUT2D eigenvalue weighted by molar-refractivity contribution is 5.81. The molecule has 0 saturated carbocycles. The van der Waals surface area contributed by atoms with E-state index in [9.17, 15) is 0 Å². The lowest BCUT2D eigenvalue weighted by molar-refractivity contribution is 0.0834. The van der Waals surface area contributed by atoms with Crippen LogP contribution in [-0.2, 0) is 4.84 Å². The summed E-state index contributed by atoms with van der Waals surface area (Å²) >= 11 is 0. The Labute approximate surface area is 67.8 Å². The first kappa shape index (κ1) is 8.53. The average Bonchev–Trinajstić information content (AvgIpc) is 2.07. The molecule has 11 heavy (non-hydrogen) atoms. The molecule has 3 nitrogen and oxygen atoms in total. The molecule has 0 bridgehead atoms. The van der Waals surface area contributed by atoms with Gasteiger partial charge in [-0.05, 0) is 19.3 Å². The Bertz CT molecular complexity index is 134. The fourth-order valence-corrected chi connectivity index (χ4v) is 1.02. The zero-order chi connectivity index (χ0) is 7.94. The molecule has 0 unspecified atom stereocenters. The van der Waals surface area contributed by atoms with E-state index in [0.717, 1.165) is 31.8 Å². The van der Waals surface area contributed by atoms with Crippen molar-refractivity contribution in [2.24, 2.45) is 4.99 Å². The molecule has 0 fully saturated rings. The first-order chi connectivity index (χ1) is 5.43. The Morgan fingerprint density at radius 1 is 1.55 bits per heavy atom. The van der Waals surface area contributed by atoms with E-state index in [1.165, 1.54) is 12.8 Å². The van der Waals surface area contributed by atoms with Gasteiger partial charge in [-0.1, -0.05) is 6.92 Å². The van der Waals surface area contributed by atoms with Crippen molar-refractivity contribution in [3.63, 3.8) is 0 Å². The van der Waals surface area contributed by atoms with Crippen molar-refractivity contribution in [1.82, 2.24) is 5.48 Å². The molecule has 0 amide bonds. The summed E-state index contributed by atoms with van der Waals surface area (Å²) in [6.45, 7) is 3.81. The zero-order valence-electron chi connectivity index (χ0n) is 7.10. The fourth-order valence-electron chi connectivity index (χ4n) is 1.02. The van der Waals surface area contributed by atoms with E-state index in [1.807, 2.05) is 0 Å². The molecule has 1 aliphatic heterocycles. The summed E-state index contributed by atoms with van der Waals surface area (Å²) in [5, 5.41) is 0. The van der Waals surface area contributed by atoms with Crippen molar-refractivity contribution in [3.8, 4) is 0 Å². The number of hydroxylamine groups is 1. The normalized spacial score (nSPS) is 17.7. The second-order valence-corrected chi connectivity index (χ2v) is 2.74. The number of nitrogens with zero attached hydrogens (tertiary/aromatic N) is 1. The van der Waals surface area contributed by atoms with Gasteiger partial charge >= 0.3 is 0 Å². The van der Waals surface area contributed by atoms with Crippen molar-refractivity contribution in [2.45, 2.75) is 32.6 Å². The van der Waals surface area contributed by atoms with Gasteiger partial charge in [0.15, 0.2) is 0 Å². The zero-order valence-corrected chi connectivity index (χ0v) is 7.10. The van der Waals surface area contributed by atoms with E-state index in [4.69, 9.17) is 4.84 Å². The summed E-state index contributed by atoms with van der Waals surface area (Å²) in [5.74, 6) is 1.02. The first-order valence-electron chi connectivity index (χ1n) is 4.34.